The van der Waals surface area contributed by atoms with Crippen molar-refractivity contribution in [3.05, 3.63) is 93.5 Å². The smallest absolute Gasteiger partial charge is 0.262 e. The second kappa shape index (κ2) is 14.9. The monoisotopic (exact) mass is 676 g/mol. The number of methoxy groups -OCH3 is 1. The van der Waals surface area contributed by atoms with Crippen LogP contribution in [0.5, 0.6) is 11.5 Å². The number of alkyl halides is 1. The van der Waals surface area contributed by atoms with Gasteiger partial charge < -0.3 is 19.3 Å². The molecule has 11 heteroatoms. The minimum atomic E-state index is -1.38. The number of likely N-dealkylation sites (tertiary alicyclic amines) is 2. The fourth-order valence-corrected chi connectivity index (χ4v) is 7.20. The van der Waals surface area contributed by atoms with Gasteiger partial charge >= 0.3 is 0 Å². The molecule has 0 spiro atoms. The number of piperidine rings is 1. The van der Waals surface area contributed by atoms with Crippen LogP contribution in [-0.4, -0.2) is 68.3 Å². The van der Waals surface area contributed by atoms with Gasteiger partial charge in [-0.15, -0.1) is 12.4 Å². The summed E-state index contributed by atoms with van der Waals surface area (Å²) in [6.45, 7) is 2.77. The normalized spacial score (nSPS) is 24.0. The SMILES string of the molecule is COc1ccc(C2(C(=O)N3CCC(N4CCCC4)CC3)NC(c3ccc(Cl)cc3)C(c3ccc(Cl)cc3)N2)c(OCCF)c1.Cl. The van der Waals surface area contributed by atoms with Crippen molar-refractivity contribution in [3.8, 4) is 11.5 Å². The van der Waals surface area contributed by atoms with Gasteiger partial charge in [0, 0.05) is 40.8 Å². The molecule has 2 N–H and O–H groups in total. The Balaban J connectivity index is 0.00000400. The summed E-state index contributed by atoms with van der Waals surface area (Å²) in [6.07, 6.45) is 4.34. The van der Waals surface area contributed by atoms with E-state index in [1.807, 2.05) is 65.6 Å². The molecular formula is C34H40Cl3FN4O3. The third-order valence-corrected chi connectivity index (χ3v) is 9.70. The third kappa shape index (κ3) is 7.07. The Morgan fingerprint density at radius 1 is 0.889 bits per heavy atom. The van der Waals surface area contributed by atoms with E-state index in [1.165, 1.54) is 12.8 Å². The third-order valence-electron chi connectivity index (χ3n) is 9.19. The summed E-state index contributed by atoms with van der Waals surface area (Å²) >= 11 is 12.6. The lowest BCUT2D eigenvalue weighted by atomic mass is 9.94. The maximum absolute atomic E-state index is 15.0. The molecule has 242 valence electrons. The summed E-state index contributed by atoms with van der Waals surface area (Å²) in [6, 6.07) is 20.5. The Morgan fingerprint density at radius 2 is 1.44 bits per heavy atom. The van der Waals surface area contributed by atoms with E-state index in [4.69, 9.17) is 32.7 Å². The molecule has 7 nitrogen and oxygen atoms in total. The fraction of sp³-hybridized carbons (Fsp3) is 0.441. The number of hydrogen-bond donors (Lipinski definition) is 2. The van der Waals surface area contributed by atoms with Crippen molar-refractivity contribution >= 4 is 41.5 Å². The molecule has 3 heterocycles. The number of rotatable bonds is 9. The van der Waals surface area contributed by atoms with Crippen LogP contribution in [0.15, 0.2) is 66.7 Å². The zero-order valence-electron chi connectivity index (χ0n) is 25.3. The van der Waals surface area contributed by atoms with Crippen LogP contribution in [0.4, 0.5) is 4.39 Å². The molecule has 3 aliphatic heterocycles. The highest BCUT2D eigenvalue weighted by molar-refractivity contribution is 6.30. The molecule has 0 aromatic heterocycles. The van der Waals surface area contributed by atoms with Gasteiger partial charge in [-0.05, 0) is 86.3 Å². The number of benzene rings is 3. The van der Waals surface area contributed by atoms with Gasteiger partial charge in [-0.3, -0.25) is 15.4 Å². The maximum atomic E-state index is 15.0. The van der Waals surface area contributed by atoms with Crippen molar-refractivity contribution < 1.29 is 18.7 Å². The number of carbonyl (C=O) groups excluding carboxylic acids is 1. The number of amides is 1. The molecule has 0 aliphatic carbocycles. The number of carbonyl (C=O) groups is 1. The second-order valence-electron chi connectivity index (χ2n) is 11.8. The molecule has 0 radical (unpaired) electrons. The van der Waals surface area contributed by atoms with Crippen LogP contribution < -0.4 is 20.1 Å². The largest absolute Gasteiger partial charge is 0.497 e. The molecule has 0 saturated carbocycles. The molecule has 2 unspecified atom stereocenters. The van der Waals surface area contributed by atoms with Crippen LogP contribution in [0.2, 0.25) is 10.0 Å². The molecule has 3 fully saturated rings. The molecule has 6 rings (SSSR count). The standard InChI is InChI=1S/C34H39Cl2FN4O3.ClH/c1-43-28-12-13-29(30(22-28)44-21-16-37)34(33(42)41-19-14-27(15-20-41)40-17-2-3-18-40)38-31(23-4-8-25(35)9-5-23)32(39-34)24-6-10-26(36)11-7-24;/h4-13,22,27,31-32,38-39H,2-3,14-21H2,1H3;1H. The second-order valence-corrected chi connectivity index (χ2v) is 12.6. The minimum absolute atomic E-state index is 0. The lowest BCUT2D eigenvalue weighted by Crippen LogP contribution is -2.61. The predicted molar refractivity (Wildman–Crippen MR) is 178 cm³/mol. The summed E-state index contributed by atoms with van der Waals surface area (Å²) in [5.41, 5.74) is 1.12. The Morgan fingerprint density at radius 3 is 1.96 bits per heavy atom. The van der Waals surface area contributed by atoms with Gasteiger partial charge in [-0.1, -0.05) is 47.5 Å². The van der Waals surface area contributed by atoms with Crippen LogP contribution in [0.25, 0.3) is 0 Å². The summed E-state index contributed by atoms with van der Waals surface area (Å²) in [5.74, 6) is 0.843. The molecule has 3 saturated heterocycles. The fourth-order valence-electron chi connectivity index (χ4n) is 6.95. The van der Waals surface area contributed by atoms with Crippen molar-refractivity contribution in [3.63, 3.8) is 0 Å². The number of nitrogens with zero attached hydrogens (tertiary/aromatic N) is 2. The number of hydrogen-bond acceptors (Lipinski definition) is 6. The average molecular weight is 678 g/mol. The molecular weight excluding hydrogens is 638 g/mol. The van der Waals surface area contributed by atoms with Gasteiger partial charge in [0.05, 0.1) is 19.2 Å². The number of ether oxygens (including phenoxy) is 2. The Bertz CT molecular complexity index is 1380. The van der Waals surface area contributed by atoms with Gasteiger partial charge in [0.1, 0.15) is 24.8 Å². The van der Waals surface area contributed by atoms with Gasteiger partial charge in [0.2, 0.25) is 0 Å². The van der Waals surface area contributed by atoms with Crippen LogP contribution in [0.1, 0.15) is 54.5 Å². The Labute approximate surface area is 280 Å². The van der Waals surface area contributed by atoms with Crippen molar-refractivity contribution in [2.24, 2.45) is 0 Å². The van der Waals surface area contributed by atoms with E-state index in [1.54, 1.807) is 13.2 Å². The van der Waals surface area contributed by atoms with Crippen LogP contribution in [0, 0.1) is 0 Å². The average Bonchev–Trinajstić information content (AvgIpc) is 3.74. The van der Waals surface area contributed by atoms with Gasteiger partial charge in [0.25, 0.3) is 5.91 Å². The minimum Gasteiger partial charge on any atom is -0.497 e. The van der Waals surface area contributed by atoms with E-state index < -0.39 is 12.3 Å². The van der Waals surface area contributed by atoms with E-state index in [0.29, 0.717) is 46.2 Å². The molecule has 3 aromatic rings. The number of halogens is 4. The van der Waals surface area contributed by atoms with E-state index in [-0.39, 0.29) is 37.0 Å². The van der Waals surface area contributed by atoms with E-state index in [0.717, 1.165) is 37.1 Å². The van der Waals surface area contributed by atoms with E-state index >= 15 is 0 Å². The molecule has 3 aliphatic rings. The van der Waals surface area contributed by atoms with Crippen molar-refractivity contribution in [1.82, 2.24) is 20.4 Å². The summed E-state index contributed by atoms with van der Waals surface area (Å²) < 4.78 is 24.9. The van der Waals surface area contributed by atoms with Gasteiger partial charge in [-0.25, -0.2) is 4.39 Å². The van der Waals surface area contributed by atoms with Crippen LogP contribution in [0.3, 0.4) is 0 Å². The van der Waals surface area contributed by atoms with E-state index in [9.17, 15) is 9.18 Å². The highest BCUT2D eigenvalue weighted by Gasteiger charge is 2.54. The van der Waals surface area contributed by atoms with Crippen molar-refractivity contribution in [1.29, 1.82) is 0 Å². The number of nitrogens with one attached hydrogen (secondary N) is 2. The summed E-state index contributed by atoms with van der Waals surface area (Å²) in [4.78, 5) is 19.5. The van der Waals surface area contributed by atoms with Crippen molar-refractivity contribution in [2.75, 3.05) is 46.6 Å². The van der Waals surface area contributed by atoms with Crippen LogP contribution >= 0.6 is 35.6 Å². The van der Waals surface area contributed by atoms with Gasteiger partial charge in [0.15, 0.2) is 5.66 Å². The first-order valence-electron chi connectivity index (χ1n) is 15.4. The van der Waals surface area contributed by atoms with E-state index in [2.05, 4.69) is 15.5 Å². The first-order chi connectivity index (χ1) is 21.4. The molecule has 2 atom stereocenters. The van der Waals surface area contributed by atoms with Gasteiger partial charge in [-0.2, -0.15) is 0 Å². The molecule has 0 bridgehead atoms. The lowest BCUT2D eigenvalue weighted by molar-refractivity contribution is -0.141. The highest BCUT2D eigenvalue weighted by Crippen LogP contribution is 2.45. The highest BCUT2D eigenvalue weighted by atomic mass is 35.5. The zero-order chi connectivity index (χ0) is 30.7. The first kappa shape index (κ1) is 33.8. The topological polar surface area (TPSA) is 66.1 Å². The quantitative estimate of drug-likeness (QED) is 0.263. The Hall–Kier alpha value is -2.59. The summed E-state index contributed by atoms with van der Waals surface area (Å²) in [7, 11) is 1.57. The Kier molecular flexibility index (Phi) is 11.2. The molecule has 3 aromatic carbocycles. The summed E-state index contributed by atoms with van der Waals surface area (Å²) in [5, 5.41) is 8.72. The zero-order valence-corrected chi connectivity index (χ0v) is 27.6. The predicted octanol–water partition coefficient (Wildman–Crippen LogP) is 6.69. The van der Waals surface area contributed by atoms with Crippen molar-refractivity contribution in [2.45, 2.75) is 49.5 Å². The molecule has 45 heavy (non-hydrogen) atoms. The lowest BCUT2D eigenvalue weighted by Gasteiger charge is -2.41. The first-order valence-corrected chi connectivity index (χ1v) is 16.1. The molecule has 1 amide bonds. The maximum Gasteiger partial charge on any atom is 0.262 e. The van der Waals surface area contributed by atoms with Crippen LogP contribution in [-0.2, 0) is 10.5 Å².